The Morgan fingerprint density at radius 2 is 1.16 bits per heavy atom. The third-order valence-corrected chi connectivity index (χ3v) is 12.7. The maximum Gasteiger partial charge on any atom is 0.364 e. The number of aliphatic carboxylic acids is 1. The van der Waals surface area contributed by atoms with Gasteiger partial charge in [0.25, 0.3) is 5.79 Å². The molecule has 5 aliphatic rings. The van der Waals surface area contributed by atoms with Crippen molar-refractivity contribution in [3.8, 4) is 0 Å². The molecule has 0 bridgehead atoms. The van der Waals surface area contributed by atoms with Gasteiger partial charge in [0.05, 0.1) is 51.8 Å². The average molecular weight is 1010 g/mol. The Labute approximate surface area is 393 Å². The van der Waals surface area contributed by atoms with Crippen LogP contribution in [0.2, 0.25) is 0 Å². The number of ether oxygens (including phenoxy) is 10. The van der Waals surface area contributed by atoms with Gasteiger partial charge in [0, 0.05) is 19.3 Å². The van der Waals surface area contributed by atoms with Gasteiger partial charge in [-0.1, -0.05) is 6.92 Å². The fourth-order valence-electron chi connectivity index (χ4n) is 8.72. The van der Waals surface area contributed by atoms with E-state index in [1.165, 1.54) is 6.92 Å². The number of carboxylic acid groups (broad SMARTS) is 1. The van der Waals surface area contributed by atoms with Gasteiger partial charge in [0.2, 0.25) is 5.91 Å². The molecule has 0 saturated carbocycles. The first kappa shape index (κ1) is 57.8. The Hall–Kier alpha value is -2.10. The zero-order chi connectivity index (χ0) is 51.2. The molecule has 0 spiro atoms. The molecule has 19 N–H and O–H groups in total. The molecule has 9 unspecified atom stereocenters. The van der Waals surface area contributed by atoms with E-state index in [2.05, 4.69) is 5.32 Å². The maximum absolute atomic E-state index is 12.8. The number of carbonyl (C=O) groups excluding carboxylic acids is 1. The number of aliphatic hydroxyl groups excluding tert-OH is 15. The third-order valence-electron chi connectivity index (χ3n) is 12.7. The topological polar surface area (TPSA) is 488 Å². The summed E-state index contributed by atoms with van der Waals surface area (Å²) in [7, 11) is 0. The van der Waals surface area contributed by atoms with Crippen LogP contribution in [-0.4, -0.2) is 293 Å². The predicted molar refractivity (Wildman–Crippen MR) is 216 cm³/mol. The molecular formula is C39H68N2O28. The van der Waals surface area contributed by atoms with Gasteiger partial charge in [-0.3, -0.25) is 4.79 Å². The van der Waals surface area contributed by atoms with Crippen molar-refractivity contribution in [2.75, 3.05) is 46.2 Å². The van der Waals surface area contributed by atoms with Crippen LogP contribution in [0.3, 0.4) is 0 Å². The van der Waals surface area contributed by atoms with Crippen molar-refractivity contribution in [2.45, 2.75) is 180 Å². The van der Waals surface area contributed by atoms with Crippen LogP contribution in [0.1, 0.15) is 26.7 Å². The number of nitrogens with one attached hydrogen (secondary N) is 1. The monoisotopic (exact) mass is 1010 g/mol. The van der Waals surface area contributed by atoms with Crippen molar-refractivity contribution >= 4 is 11.9 Å². The van der Waals surface area contributed by atoms with E-state index < -0.39 is 210 Å². The molecule has 26 atom stereocenters. The van der Waals surface area contributed by atoms with E-state index in [-0.39, 0.29) is 13.2 Å². The summed E-state index contributed by atoms with van der Waals surface area (Å²) in [6.07, 6.45) is -43.7. The minimum atomic E-state index is -3.00. The van der Waals surface area contributed by atoms with E-state index >= 15 is 0 Å². The Balaban J connectivity index is 1.37. The second-order valence-electron chi connectivity index (χ2n) is 17.5. The van der Waals surface area contributed by atoms with Crippen molar-refractivity contribution in [1.29, 1.82) is 0 Å². The number of carbonyl (C=O) groups is 2. The molecular weight excluding hydrogens is 944 g/mol. The van der Waals surface area contributed by atoms with Crippen molar-refractivity contribution in [3.63, 3.8) is 0 Å². The first-order chi connectivity index (χ1) is 32.6. The van der Waals surface area contributed by atoms with Crippen LogP contribution in [0, 0.1) is 5.92 Å². The van der Waals surface area contributed by atoms with Crippen LogP contribution >= 0.6 is 0 Å². The lowest BCUT2D eigenvalue weighted by Crippen LogP contribution is -2.70. The van der Waals surface area contributed by atoms with E-state index in [4.69, 9.17) is 53.1 Å². The molecule has 5 saturated heterocycles. The van der Waals surface area contributed by atoms with Crippen LogP contribution in [0.4, 0.5) is 0 Å². The lowest BCUT2D eigenvalue weighted by atomic mass is 9.84. The van der Waals surface area contributed by atoms with Crippen LogP contribution in [0.25, 0.3) is 0 Å². The van der Waals surface area contributed by atoms with Crippen molar-refractivity contribution in [1.82, 2.24) is 5.32 Å². The van der Waals surface area contributed by atoms with Gasteiger partial charge < -0.3 is 140 Å². The molecule has 0 aromatic rings. The Bertz CT molecular complexity index is 1610. The number of nitrogens with two attached hydrogens (primary N) is 1. The lowest BCUT2D eigenvalue weighted by Gasteiger charge is -2.51. The SMILES string of the molecule is CC(=O)NC1[C@H](O[C@@H]2C(O)[C@H](O[C@@H]3C(CO)O[C@@H](OCCCN)C(O)[C@@H]3O)OC(CO)[C@@H]2O)OC(CO)[C@@H](O[C@@H]2OC(CO)[C@H](O)[C@H](O[C@]3(C(=O)O)C[C@@H](O)[C@@H](C)C([C@H](O)[C@H](O)CO)O3)C2O)[C@H]1O. The minimum Gasteiger partial charge on any atom is -0.477 e. The summed E-state index contributed by atoms with van der Waals surface area (Å²) < 4.78 is 56.9. The molecule has 5 aliphatic heterocycles. The highest BCUT2D eigenvalue weighted by atomic mass is 16.8. The summed E-state index contributed by atoms with van der Waals surface area (Å²) in [6.45, 7) is -2.31. The lowest BCUT2D eigenvalue weighted by molar-refractivity contribution is -0.391. The van der Waals surface area contributed by atoms with Gasteiger partial charge in [-0.15, -0.1) is 0 Å². The zero-order valence-electron chi connectivity index (χ0n) is 37.4. The quantitative estimate of drug-likeness (QED) is 0.0475. The first-order valence-corrected chi connectivity index (χ1v) is 22.2. The number of rotatable bonds is 21. The third kappa shape index (κ3) is 12.6. The molecule has 5 rings (SSSR count). The highest BCUT2D eigenvalue weighted by Gasteiger charge is 2.60. The summed E-state index contributed by atoms with van der Waals surface area (Å²) in [4.78, 5) is 25.4. The fraction of sp³-hybridized carbons (Fsp3) is 0.949. The second kappa shape index (κ2) is 25.2. The van der Waals surface area contributed by atoms with Crippen LogP contribution < -0.4 is 11.1 Å². The normalized spacial score (nSPS) is 46.2. The van der Waals surface area contributed by atoms with E-state index in [1.807, 2.05) is 0 Å². The maximum atomic E-state index is 12.8. The zero-order valence-corrected chi connectivity index (χ0v) is 37.4. The molecule has 0 aliphatic carbocycles. The summed E-state index contributed by atoms with van der Waals surface area (Å²) in [5.41, 5.74) is 5.47. The van der Waals surface area contributed by atoms with E-state index in [1.54, 1.807) is 0 Å². The van der Waals surface area contributed by atoms with Gasteiger partial charge in [0.1, 0.15) is 110 Å². The second-order valence-corrected chi connectivity index (χ2v) is 17.5. The largest absolute Gasteiger partial charge is 0.477 e. The number of hydrogen-bond donors (Lipinski definition) is 18. The molecule has 0 aromatic carbocycles. The molecule has 1 amide bonds. The molecule has 0 radical (unpaired) electrons. The van der Waals surface area contributed by atoms with Crippen LogP contribution in [0.5, 0.6) is 0 Å². The Kier molecular flexibility index (Phi) is 21.1. The average Bonchev–Trinajstić information content (AvgIpc) is 3.32. The molecule has 30 heteroatoms. The Morgan fingerprint density at radius 3 is 1.67 bits per heavy atom. The van der Waals surface area contributed by atoms with Crippen molar-refractivity contribution < 1.29 is 139 Å². The minimum absolute atomic E-state index is 0.0151. The highest BCUT2D eigenvalue weighted by Crippen LogP contribution is 2.41. The molecule has 5 heterocycles. The number of carboxylic acids is 1. The van der Waals surface area contributed by atoms with E-state index in [0.717, 1.165) is 6.92 Å². The Morgan fingerprint density at radius 1 is 0.667 bits per heavy atom. The molecule has 5 fully saturated rings. The van der Waals surface area contributed by atoms with Crippen LogP contribution in [0.15, 0.2) is 0 Å². The summed E-state index contributed by atoms with van der Waals surface area (Å²) >= 11 is 0. The number of amides is 1. The smallest absolute Gasteiger partial charge is 0.364 e. The summed E-state index contributed by atoms with van der Waals surface area (Å²) in [5.74, 6) is -6.89. The van der Waals surface area contributed by atoms with Gasteiger partial charge in [-0.05, 0) is 13.0 Å². The first-order valence-electron chi connectivity index (χ1n) is 22.2. The standard InChI is InChI=1S/C39H68N2O28/c1-12-14(48)6-39(38(58)59,68-29(12)21(50)15(49)7-42)69-33-23(52)17(9-44)62-37(28(33)57)65-30-18(10-45)63-34(20(24(30)53)41-13(2)47)67-32-22(51)16(8-43)61-36(27(32)56)66-31-19(11-46)64-35(26(55)25(31)54)60-5-3-4-40/h12,14-37,42-46,48-57H,3-11,40H2,1-2H3,(H,41,47)(H,58,59)/t12-,14-,15-,16?,17?,18?,19?,20?,21-,22+,23+,24+,25+,26?,27?,28?,29?,30-,31-,32+,33+,34+,35-,36+,37+,39+/m1/s1. The summed E-state index contributed by atoms with van der Waals surface area (Å²) in [5, 5.41) is 174. The fourth-order valence-corrected chi connectivity index (χ4v) is 8.72. The predicted octanol–water partition coefficient (Wildman–Crippen LogP) is -10.9. The molecule has 69 heavy (non-hydrogen) atoms. The van der Waals surface area contributed by atoms with Crippen molar-refractivity contribution in [2.24, 2.45) is 11.7 Å². The van der Waals surface area contributed by atoms with Gasteiger partial charge in [-0.25, -0.2) is 4.79 Å². The van der Waals surface area contributed by atoms with E-state index in [0.29, 0.717) is 6.42 Å². The molecule has 30 nitrogen and oxygen atoms in total. The summed E-state index contributed by atoms with van der Waals surface area (Å²) in [6, 6.07) is -1.79. The molecule has 0 aromatic heterocycles. The van der Waals surface area contributed by atoms with Crippen molar-refractivity contribution in [3.05, 3.63) is 0 Å². The number of aliphatic hydroxyl groups is 15. The van der Waals surface area contributed by atoms with Gasteiger partial charge in [0.15, 0.2) is 25.2 Å². The van der Waals surface area contributed by atoms with E-state index in [9.17, 15) is 91.3 Å². The van der Waals surface area contributed by atoms with Gasteiger partial charge in [-0.2, -0.15) is 0 Å². The highest BCUT2D eigenvalue weighted by molar-refractivity contribution is 5.76. The van der Waals surface area contributed by atoms with Gasteiger partial charge >= 0.3 is 5.97 Å². The molecule has 402 valence electrons. The van der Waals surface area contributed by atoms with Crippen LogP contribution in [-0.2, 0) is 57.0 Å². The number of hydrogen-bond acceptors (Lipinski definition) is 28.